The number of carbonyl (C=O) groups is 1. The summed E-state index contributed by atoms with van der Waals surface area (Å²) in [5.41, 5.74) is 0.0671. The molecule has 1 heterocycles. The lowest BCUT2D eigenvalue weighted by atomic mass is 10.2. The summed E-state index contributed by atoms with van der Waals surface area (Å²) in [5.74, 6) is -0.444. The van der Waals surface area contributed by atoms with Gasteiger partial charge in [-0.3, -0.25) is 4.79 Å². The molecular formula is C10H12Cl2N2O2. The molecule has 6 heteroatoms. The van der Waals surface area contributed by atoms with Crippen LogP contribution in [0, 0.1) is 0 Å². The Labute approximate surface area is 104 Å². The van der Waals surface area contributed by atoms with Gasteiger partial charge in [-0.25, -0.2) is 4.98 Å². The highest BCUT2D eigenvalue weighted by atomic mass is 35.5. The number of hydrogen-bond acceptors (Lipinski definition) is 3. The lowest BCUT2D eigenvalue weighted by Gasteiger charge is -2.09. The Morgan fingerprint density at radius 1 is 1.56 bits per heavy atom. The Morgan fingerprint density at radius 2 is 2.25 bits per heavy atom. The van der Waals surface area contributed by atoms with Crippen LogP contribution in [0.25, 0.3) is 0 Å². The van der Waals surface area contributed by atoms with Gasteiger partial charge in [0.2, 0.25) is 0 Å². The van der Waals surface area contributed by atoms with Crippen LogP contribution in [0.3, 0.4) is 0 Å². The first-order valence-corrected chi connectivity index (χ1v) is 5.58. The number of rotatable bonds is 4. The van der Waals surface area contributed by atoms with Gasteiger partial charge >= 0.3 is 0 Å². The Kier molecular flexibility index (Phi) is 4.99. The second-order valence-corrected chi connectivity index (χ2v) is 4.03. The van der Waals surface area contributed by atoms with Gasteiger partial charge in [-0.05, 0) is 18.6 Å². The van der Waals surface area contributed by atoms with Crippen molar-refractivity contribution in [1.82, 2.24) is 10.3 Å². The first kappa shape index (κ1) is 13.2. The summed E-state index contributed by atoms with van der Waals surface area (Å²) in [6.45, 7) is 1.99. The molecule has 0 radical (unpaired) electrons. The summed E-state index contributed by atoms with van der Waals surface area (Å²) in [6.07, 6.45) is -0.00122. The monoisotopic (exact) mass is 262 g/mol. The maximum Gasteiger partial charge on any atom is 0.271 e. The number of aliphatic hydroxyl groups is 1. The van der Waals surface area contributed by atoms with Crippen LogP contribution >= 0.6 is 23.2 Å². The number of amides is 1. The predicted molar refractivity (Wildman–Crippen MR) is 62.9 cm³/mol. The summed E-state index contributed by atoms with van der Waals surface area (Å²) in [4.78, 5) is 15.4. The van der Waals surface area contributed by atoms with E-state index in [1.807, 2.05) is 6.92 Å². The Morgan fingerprint density at radius 3 is 2.88 bits per heavy atom. The molecule has 0 aromatic carbocycles. The molecule has 0 aliphatic rings. The molecule has 1 aromatic rings. The number of carbonyl (C=O) groups excluding carboxylic acids is 1. The number of nitrogens with zero attached hydrogens (tertiary/aromatic N) is 1. The SMILES string of the molecule is CCC(O)CNC(=O)c1nc(Cl)ccc1Cl. The lowest BCUT2D eigenvalue weighted by molar-refractivity contribution is 0.0909. The molecule has 2 N–H and O–H groups in total. The molecule has 1 unspecified atom stereocenters. The van der Waals surface area contributed by atoms with Crippen LogP contribution in [0.15, 0.2) is 12.1 Å². The van der Waals surface area contributed by atoms with Crippen molar-refractivity contribution in [1.29, 1.82) is 0 Å². The van der Waals surface area contributed by atoms with E-state index in [9.17, 15) is 9.90 Å². The molecule has 0 spiro atoms. The van der Waals surface area contributed by atoms with Crippen LogP contribution in [0.4, 0.5) is 0 Å². The summed E-state index contributed by atoms with van der Waals surface area (Å²) < 4.78 is 0. The van der Waals surface area contributed by atoms with E-state index in [-0.39, 0.29) is 22.4 Å². The Bertz CT molecular complexity index is 385. The minimum atomic E-state index is -0.568. The topological polar surface area (TPSA) is 62.2 Å². The van der Waals surface area contributed by atoms with Crippen LogP contribution in [-0.2, 0) is 0 Å². The van der Waals surface area contributed by atoms with Crippen molar-refractivity contribution in [2.45, 2.75) is 19.4 Å². The molecule has 16 heavy (non-hydrogen) atoms. The number of nitrogens with one attached hydrogen (secondary N) is 1. The molecule has 0 aliphatic heterocycles. The number of hydrogen-bond donors (Lipinski definition) is 2. The molecule has 0 saturated heterocycles. The zero-order valence-corrected chi connectivity index (χ0v) is 10.2. The van der Waals surface area contributed by atoms with Crippen molar-refractivity contribution in [2.75, 3.05) is 6.54 Å². The van der Waals surface area contributed by atoms with Crippen molar-refractivity contribution in [3.05, 3.63) is 28.0 Å². The predicted octanol–water partition coefficient (Wildman–Crippen LogP) is 1.89. The van der Waals surface area contributed by atoms with Gasteiger partial charge in [0.25, 0.3) is 5.91 Å². The lowest BCUT2D eigenvalue weighted by Crippen LogP contribution is -2.32. The molecule has 0 aliphatic carbocycles. The summed E-state index contributed by atoms with van der Waals surface area (Å²) >= 11 is 11.4. The van der Waals surface area contributed by atoms with Crippen LogP contribution < -0.4 is 5.32 Å². The Hall–Kier alpha value is -0.840. The maximum atomic E-state index is 11.6. The van der Waals surface area contributed by atoms with Gasteiger partial charge in [0, 0.05) is 6.54 Å². The number of halogens is 2. The van der Waals surface area contributed by atoms with Gasteiger partial charge in [0.05, 0.1) is 11.1 Å². The minimum Gasteiger partial charge on any atom is -0.391 e. The second kappa shape index (κ2) is 6.03. The number of pyridine rings is 1. The van der Waals surface area contributed by atoms with Gasteiger partial charge in [-0.15, -0.1) is 0 Å². The largest absolute Gasteiger partial charge is 0.391 e. The number of aliphatic hydroxyl groups excluding tert-OH is 1. The van der Waals surface area contributed by atoms with Crippen molar-refractivity contribution in [3.8, 4) is 0 Å². The molecule has 0 bridgehead atoms. The van der Waals surface area contributed by atoms with E-state index in [4.69, 9.17) is 23.2 Å². The van der Waals surface area contributed by atoms with E-state index in [2.05, 4.69) is 10.3 Å². The smallest absolute Gasteiger partial charge is 0.271 e. The average Bonchev–Trinajstić information content (AvgIpc) is 2.28. The van der Waals surface area contributed by atoms with E-state index in [0.717, 1.165) is 0 Å². The fraction of sp³-hybridized carbons (Fsp3) is 0.400. The summed E-state index contributed by atoms with van der Waals surface area (Å²) in [6, 6.07) is 3.00. The summed E-state index contributed by atoms with van der Waals surface area (Å²) in [7, 11) is 0. The summed E-state index contributed by atoms with van der Waals surface area (Å²) in [5, 5.41) is 12.2. The van der Waals surface area contributed by atoms with Crippen LogP contribution in [0.1, 0.15) is 23.8 Å². The Balaban J connectivity index is 2.69. The fourth-order valence-corrected chi connectivity index (χ4v) is 1.35. The van der Waals surface area contributed by atoms with E-state index >= 15 is 0 Å². The van der Waals surface area contributed by atoms with E-state index in [1.54, 1.807) is 0 Å². The minimum absolute atomic E-state index is 0.0671. The van der Waals surface area contributed by atoms with Crippen molar-refractivity contribution < 1.29 is 9.90 Å². The molecule has 88 valence electrons. The molecule has 0 fully saturated rings. The van der Waals surface area contributed by atoms with Crippen LogP contribution in [-0.4, -0.2) is 28.6 Å². The first-order valence-electron chi connectivity index (χ1n) is 4.83. The van der Waals surface area contributed by atoms with Crippen molar-refractivity contribution in [3.63, 3.8) is 0 Å². The highest BCUT2D eigenvalue weighted by molar-refractivity contribution is 6.34. The second-order valence-electron chi connectivity index (χ2n) is 3.24. The molecule has 1 rings (SSSR count). The zero-order valence-electron chi connectivity index (χ0n) is 8.70. The third kappa shape index (κ3) is 3.63. The van der Waals surface area contributed by atoms with Crippen LogP contribution in [0.2, 0.25) is 10.2 Å². The highest BCUT2D eigenvalue weighted by Gasteiger charge is 2.13. The van der Waals surface area contributed by atoms with Gasteiger partial charge in [-0.1, -0.05) is 30.1 Å². The first-order chi connectivity index (χ1) is 7.54. The standard InChI is InChI=1S/C10H12Cl2N2O2/c1-2-6(15)5-13-10(16)9-7(11)3-4-8(12)14-9/h3-4,6,15H,2,5H2,1H3,(H,13,16). The van der Waals surface area contributed by atoms with Gasteiger partial charge in [-0.2, -0.15) is 0 Å². The van der Waals surface area contributed by atoms with Crippen LogP contribution in [0.5, 0.6) is 0 Å². The fourth-order valence-electron chi connectivity index (χ4n) is 1.02. The third-order valence-corrected chi connectivity index (χ3v) is 2.51. The average molecular weight is 263 g/mol. The maximum absolute atomic E-state index is 11.6. The van der Waals surface area contributed by atoms with Gasteiger partial charge in [0.15, 0.2) is 0 Å². The highest BCUT2D eigenvalue weighted by Crippen LogP contribution is 2.16. The molecule has 1 amide bonds. The molecular weight excluding hydrogens is 251 g/mol. The van der Waals surface area contributed by atoms with E-state index < -0.39 is 12.0 Å². The van der Waals surface area contributed by atoms with E-state index in [0.29, 0.717) is 6.42 Å². The normalized spacial score (nSPS) is 12.2. The molecule has 1 atom stereocenters. The zero-order chi connectivity index (χ0) is 12.1. The third-order valence-electron chi connectivity index (χ3n) is 2.00. The quantitative estimate of drug-likeness (QED) is 0.815. The number of aromatic nitrogens is 1. The molecule has 4 nitrogen and oxygen atoms in total. The molecule has 0 saturated carbocycles. The van der Waals surface area contributed by atoms with Crippen molar-refractivity contribution in [2.24, 2.45) is 0 Å². The molecule has 1 aromatic heterocycles. The van der Waals surface area contributed by atoms with Gasteiger partial charge < -0.3 is 10.4 Å². The van der Waals surface area contributed by atoms with Crippen molar-refractivity contribution >= 4 is 29.1 Å². The van der Waals surface area contributed by atoms with Gasteiger partial charge in [0.1, 0.15) is 10.8 Å². The van der Waals surface area contributed by atoms with E-state index in [1.165, 1.54) is 12.1 Å².